The average Bonchev–Trinajstić information content (AvgIpc) is 3.04. The number of carboxylic acid groups (broad SMARTS) is 1. The van der Waals surface area contributed by atoms with E-state index in [-0.39, 0.29) is 11.4 Å². The lowest BCUT2D eigenvalue weighted by Crippen LogP contribution is -2.13. The molecule has 0 aliphatic carbocycles. The second-order valence-corrected chi connectivity index (χ2v) is 5.39. The molecule has 0 atom stereocenters. The van der Waals surface area contributed by atoms with Gasteiger partial charge in [-0.15, -0.1) is 0 Å². The van der Waals surface area contributed by atoms with E-state index >= 15 is 0 Å². The summed E-state index contributed by atoms with van der Waals surface area (Å²) < 4.78 is 13.0. The number of carbonyl (C=O) groups is 1. The van der Waals surface area contributed by atoms with Crippen molar-refractivity contribution < 1.29 is 14.3 Å². The number of hydrogen-bond donors (Lipinski definition) is 3. The summed E-state index contributed by atoms with van der Waals surface area (Å²) in [4.78, 5) is 11.0. The summed E-state index contributed by atoms with van der Waals surface area (Å²) in [6, 6.07) is 13.0. The molecule has 0 radical (unpaired) electrons. The Balaban J connectivity index is 1.66. The third kappa shape index (κ3) is 3.67. The molecule has 3 N–H and O–H groups in total. The minimum absolute atomic E-state index is 0.268. The van der Waals surface area contributed by atoms with Gasteiger partial charge in [-0.05, 0) is 42.0 Å². The summed E-state index contributed by atoms with van der Waals surface area (Å²) in [7, 11) is 0. The zero-order chi connectivity index (χ0) is 16.9. The first-order valence-electron chi connectivity index (χ1n) is 7.44. The molecule has 0 spiro atoms. The molecule has 3 aromatic rings. The van der Waals surface area contributed by atoms with Gasteiger partial charge in [-0.2, -0.15) is 5.10 Å². The van der Waals surface area contributed by atoms with Crippen molar-refractivity contribution in [2.24, 2.45) is 0 Å². The van der Waals surface area contributed by atoms with E-state index in [0.29, 0.717) is 13.1 Å². The van der Waals surface area contributed by atoms with Crippen LogP contribution in [0.15, 0.2) is 54.7 Å². The van der Waals surface area contributed by atoms with Gasteiger partial charge < -0.3 is 10.4 Å². The molecule has 3 rings (SSSR count). The molecular weight excluding hydrogens is 309 g/mol. The van der Waals surface area contributed by atoms with Gasteiger partial charge >= 0.3 is 5.97 Å². The zero-order valence-corrected chi connectivity index (χ0v) is 12.8. The summed E-state index contributed by atoms with van der Waals surface area (Å²) in [6.45, 7) is 1.09. The maximum absolute atomic E-state index is 13.0. The molecule has 1 aromatic heterocycles. The van der Waals surface area contributed by atoms with Gasteiger partial charge in [0.15, 0.2) is 0 Å². The van der Waals surface area contributed by atoms with Crippen LogP contribution in [-0.4, -0.2) is 21.3 Å². The first kappa shape index (κ1) is 15.9. The SMILES string of the molecule is O=C(O)c1cccc(CNCc2cn[nH]c2-c2ccc(F)cc2)c1. The lowest BCUT2D eigenvalue weighted by atomic mass is 10.1. The number of carboxylic acids is 1. The van der Waals surface area contributed by atoms with Crippen molar-refractivity contribution in [1.82, 2.24) is 15.5 Å². The van der Waals surface area contributed by atoms with Gasteiger partial charge in [0.1, 0.15) is 5.82 Å². The predicted octanol–water partition coefficient (Wildman–Crippen LogP) is 3.20. The molecule has 5 nitrogen and oxygen atoms in total. The van der Waals surface area contributed by atoms with Crippen LogP contribution in [0.3, 0.4) is 0 Å². The third-order valence-corrected chi connectivity index (χ3v) is 3.67. The van der Waals surface area contributed by atoms with Crippen molar-refractivity contribution in [3.8, 4) is 11.3 Å². The van der Waals surface area contributed by atoms with Crippen molar-refractivity contribution in [2.75, 3.05) is 0 Å². The Bertz CT molecular complexity index is 843. The summed E-state index contributed by atoms with van der Waals surface area (Å²) >= 11 is 0. The van der Waals surface area contributed by atoms with Crippen LogP contribution in [0.25, 0.3) is 11.3 Å². The van der Waals surface area contributed by atoms with Crippen LogP contribution in [0, 0.1) is 5.82 Å². The maximum Gasteiger partial charge on any atom is 0.335 e. The number of H-pyrrole nitrogens is 1. The lowest BCUT2D eigenvalue weighted by Gasteiger charge is -2.07. The van der Waals surface area contributed by atoms with Gasteiger partial charge in [0, 0.05) is 24.2 Å². The smallest absolute Gasteiger partial charge is 0.335 e. The number of nitrogens with zero attached hydrogens (tertiary/aromatic N) is 1. The third-order valence-electron chi connectivity index (χ3n) is 3.67. The molecule has 6 heteroatoms. The monoisotopic (exact) mass is 325 g/mol. The fraction of sp³-hybridized carbons (Fsp3) is 0.111. The van der Waals surface area contributed by atoms with Crippen LogP contribution in [0.4, 0.5) is 4.39 Å². The van der Waals surface area contributed by atoms with E-state index in [1.54, 1.807) is 36.5 Å². The van der Waals surface area contributed by atoms with E-state index in [0.717, 1.165) is 22.4 Å². The standard InChI is InChI=1S/C18H16FN3O2/c19-16-6-4-13(5-7-16)17-15(11-21-22-17)10-20-9-12-2-1-3-14(8-12)18(23)24/h1-8,11,20H,9-10H2,(H,21,22)(H,23,24). The van der Waals surface area contributed by atoms with Gasteiger partial charge in [-0.25, -0.2) is 9.18 Å². The lowest BCUT2D eigenvalue weighted by molar-refractivity contribution is 0.0696. The van der Waals surface area contributed by atoms with Crippen molar-refractivity contribution in [3.63, 3.8) is 0 Å². The van der Waals surface area contributed by atoms with E-state index in [1.807, 2.05) is 6.07 Å². The van der Waals surface area contributed by atoms with E-state index in [4.69, 9.17) is 5.11 Å². The molecule has 2 aromatic carbocycles. The fourth-order valence-corrected chi connectivity index (χ4v) is 2.47. The second kappa shape index (κ2) is 7.06. The Morgan fingerprint density at radius 3 is 2.71 bits per heavy atom. The fourth-order valence-electron chi connectivity index (χ4n) is 2.47. The summed E-state index contributed by atoms with van der Waals surface area (Å²) in [6.07, 6.45) is 1.72. The zero-order valence-electron chi connectivity index (χ0n) is 12.8. The normalized spacial score (nSPS) is 10.7. The Kier molecular flexibility index (Phi) is 4.67. The molecule has 0 aliphatic heterocycles. The Hall–Kier alpha value is -2.99. The highest BCUT2D eigenvalue weighted by atomic mass is 19.1. The van der Waals surface area contributed by atoms with E-state index in [9.17, 15) is 9.18 Å². The van der Waals surface area contributed by atoms with Crippen LogP contribution in [-0.2, 0) is 13.1 Å². The molecule has 0 amide bonds. The van der Waals surface area contributed by atoms with Crippen LogP contribution in [0.2, 0.25) is 0 Å². The summed E-state index contributed by atoms with van der Waals surface area (Å²) in [5.41, 5.74) is 3.81. The number of hydrogen-bond acceptors (Lipinski definition) is 3. The molecule has 0 aliphatic rings. The van der Waals surface area contributed by atoms with Gasteiger partial charge in [0.2, 0.25) is 0 Å². The summed E-state index contributed by atoms with van der Waals surface area (Å²) in [5, 5.41) is 19.2. The number of aromatic carboxylic acids is 1. The van der Waals surface area contributed by atoms with E-state index < -0.39 is 5.97 Å². The number of halogens is 1. The molecule has 24 heavy (non-hydrogen) atoms. The highest BCUT2D eigenvalue weighted by Gasteiger charge is 2.08. The molecule has 0 unspecified atom stereocenters. The van der Waals surface area contributed by atoms with Crippen LogP contribution < -0.4 is 5.32 Å². The Morgan fingerprint density at radius 1 is 1.17 bits per heavy atom. The van der Waals surface area contributed by atoms with Crippen LogP contribution in [0.5, 0.6) is 0 Å². The average molecular weight is 325 g/mol. The molecule has 1 heterocycles. The van der Waals surface area contributed by atoms with E-state index in [2.05, 4.69) is 15.5 Å². The molecule has 0 bridgehead atoms. The highest BCUT2D eigenvalue weighted by Crippen LogP contribution is 2.21. The number of aromatic amines is 1. The highest BCUT2D eigenvalue weighted by molar-refractivity contribution is 5.87. The Labute approximate surface area is 138 Å². The van der Waals surface area contributed by atoms with E-state index in [1.165, 1.54) is 12.1 Å². The largest absolute Gasteiger partial charge is 0.478 e. The van der Waals surface area contributed by atoms with Gasteiger partial charge in [-0.3, -0.25) is 5.10 Å². The topological polar surface area (TPSA) is 78.0 Å². The number of rotatable bonds is 6. The van der Waals surface area contributed by atoms with Crippen LogP contribution in [0.1, 0.15) is 21.5 Å². The van der Waals surface area contributed by atoms with Crippen molar-refractivity contribution in [1.29, 1.82) is 0 Å². The molecular formula is C18H16FN3O2. The van der Waals surface area contributed by atoms with Crippen molar-refractivity contribution in [3.05, 3.63) is 77.2 Å². The second-order valence-electron chi connectivity index (χ2n) is 5.39. The number of benzene rings is 2. The first-order valence-corrected chi connectivity index (χ1v) is 7.44. The van der Waals surface area contributed by atoms with Gasteiger partial charge in [0.25, 0.3) is 0 Å². The molecule has 122 valence electrons. The predicted molar refractivity (Wildman–Crippen MR) is 87.9 cm³/mol. The van der Waals surface area contributed by atoms with Crippen molar-refractivity contribution in [2.45, 2.75) is 13.1 Å². The molecule has 0 saturated heterocycles. The maximum atomic E-state index is 13.0. The summed E-state index contributed by atoms with van der Waals surface area (Å²) in [5.74, 6) is -1.22. The van der Waals surface area contributed by atoms with Gasteiger partial charge in [-0.1, -0.05) is 12.1 Å². The minimum atomic E-state index is -0.940. The number of aromatic nitrogens is 2. The van der Waals surface area contributed by atoms with Crippen molar-refractivity contribution >= 4 is 5.97 Å². The first-order chi connectivity index (χ1) is 11.6. The molecule has 0 fully saturated rings. The quantitative estimate of drug-likeness (QED) is 0.650. The number of nitrogens with one attached hydrogen (secondary N) is 2. The van der Waals surface area contributed by atoms with Crippen LogP contribution >= 0.6 is 0 Å². The molecule has 0 saturated carbocycles. The Morgan fingerprint density at radius 2 is 1.96 bits per heavy atom. The minimum Gasteiger partial charge on any atom is -0.478 e. The van der Waals surface area contributed by atoms with Gasteiger partial charge in [0.05, 0.1) is 17.5 Å².